The van der Waals surface area contributed by atoms with Gasteiger partial charge in [0.15, 0.2) is 11.5 Å². The molecule has 2 N–H and O–H groups in total. The smallest absolute Gasteiger partial charge is 0.220 e. The molecule has 0 aliphatic carbocycles. The Morgan fingerprint density at radius 1 is 0.865 bits per heavy atom. The van der Waals surface area contributed by atoms with Crippen molar-refractivity contribution in [3.05, 3.63) is 23.8 Å². The SMILES string of the molecule is CCCCCCCCCCCCCCCC(=O)N[C@@H](CN1CCCC1)[C@@H](O)c1ccc2c(c1)OCCO2. The molecule has 6 heteroatoms. The molecule has 1 amide bonds. The number of fused-ring (bicyclic) bond motifs is 1. The van der Waals surface area contributed by atoms with Gasteiger partial charge in [-0.3, -0.25) is 4.79 Å². The highest BCUT2D eigenvalue weighted by Gasteiger charge is 2.27. The first-order valence-electron chi connectivity index (χ1n) is 15.3. The van der Waals surface area contributed by atoms with Gasteiger partial charge in [0.1, 0.15) is 19.3 Å². The highest BCUT2D eigenvalue weighted by atomic mass is 16.6. The van der Waals surface area contributed by atoms with Crippen LogP contribution in [0.3, 0.4) is 0 Å². The van der Waals surface area contributed by atoms with Crippen LogP contribution in [-0.2, 0) is 4.79 Å². The number of aliphatic hydroxyl groups excluding tert-OH is 1. The molecule has 1 saturated heterocycles. The lowest BCUT2D eigenvalue weighted by Gasteiger charge is -2.29. The van der Waals surface area contributed by atoms with Crippen LogP contribution in [0.15, 0.2) is 18.2 Å². The van der Waals surface area contributed by atoms with E-state index < -0.39 is 6.10 Å². The molecular formula is C31H52N2O4. The predicted molar refractivity (Wildman–Crippen MR) is 150 cm³/mol. The number of benzene rings is 1. The summed E-state index contributed by atoms with van der Waals surface area (Å²) < 4.78 is 11.3. The molecule has 1 fully saturated rings. The standard InChI is InChI=1S/C31H52N2O4/c1-2-3-4-5-6-7-8-9-10-11-12-13-14-17-30(34)32-27(25-33-20-15-16-21-33)31(35)26-18-19-28-29(24-26)37-23-22-36-28/h18-19,24,27,31,35H,2-17,20-23,25H2,1H3,(H,32,34)/t27-,31-/m0/s1. The average molecular weight is 517 g/mol. The molecular weight excluding hydrogens is 464 g/mol. The average Bonchev–Trinajstić information content (AvgIpc) is 3.43. The van der Waals surface area contributed by atoms with Gasteiger partial charge in [-0.05, 0) is 50.0 Å². The van der Waals surface area contributed by atoms with E-state index in [9.17, 15) is 9.90 Å². The molecule has 0 aromatic heterocycles. The van der Waals surface area contributed by atoms with Crippen LogP contribution in [-0.4, -0.2) is 54.8 Å². The Labute approximate surface area is 225 Å². The highest BCUT2D eigenvalue weighted by molar-refractivity contribution is 5.76. The van der Waals surface area contributed by atoms with E-state index in [1.807, 2.05) is 18.2 Å². The summed E-state index contributed by atoms with van der Waals surface area (Å²) in [7, 11) is 0. The summed E-state index contributed by atoms with van der Waals surface area (Å²) >= 11 is 0. The van der Waals surface area contributed by atoms with Crippen LogP contribution in [0, 0.1) is 0 Å². The summed E-state index contributed by atoms with van der Waals surface area (Å²) in [5.74, 6) is 1.43. The van der Waals surface area contributed by atoms with Crippen LogP contribution in [0.4, 0.5) is 0 Å². The molecule has 37 heavy (non-hydrogen) atoms. The second-order valence-electron chi connectivity index (χ2n) is 11.0. The molecule has 2 heterocycles. The fourth-order valence-corrected chi connectivity index (χ4v) is 5.53. The van der Waals surface area contributed by atoms with Crippen LogP contribution in [0.2, 0.25) is 0 Å². The molecule has 0 unspecified atom stereocenters. The van der Waals surface area contributed by atoms with E-state index >= 15 is 0 Å². The quantitative estimate of drug-likeness (QED) is 0.204. The number of ether oxygens (including phenoxy) is 2. The van der Waals surface area contributed by atoms with Gasteiger partial charge in [-0.25, -0.2) is 0 Å². The first-order valence-corrected chi connectivity index (χ1v) is 15.3. The van der Waals surface area contributed by atoms with Crippen LogP contribution in [0.5, 0.6) is 11.5 Å². The maximum absolute atomic E-state index is 12.8. The van der Waals surface area contributed by atoms with Gasteiger partial charge in [0, 0.05) is 13.0 Å². The van der Waals surface area contributed by atoms with Crippen molar-refractivity contribution < 1.29 is 19.4 Å². The topological polar surface area (TPSA) is 71.0 Å². The predicted octanol–water partition coefficient (Wildman–Crippen LogP) is 6.55. The molecule has 2 aliphatic heterocycles. The minimum absolute atomic E-state index is 0.0452. The number of carbonyl (C=O) groups excluding carboxylic acids is 1. The van der Waals surface area contributed by atoms with Gasteiger partial charge in [-0.1, -0.05) is 90.0 Å². The van der Waals surface area contributed by atoms with Crippen LogP contribution in [0.25, 0.3) is 0 Å². The monoisotopic (exact) mass is 516 g/mol. The minimum Gasteiger partial charge on any atom is -0.486 e. The molecule has 0 bridgehead atoms. The third-order valence-electron chi connectivity index (χ3n) is 7.80. The Bertz CT molecular complexity index is 766. The number of hydrogen-bond acceptors (Lipinski definition) is 5. The van der Waals surface area contributed by atoms with E-state index in [2.05, 4.69) is 17.1 Å². The van der Waals surface area contributed by atoms with Gasteiger partial charge in [0.25, 0.3) is 0 Å². The van der Waals surface area contributed by atoms with Crippen molar-refractivity contribution in [2.75, 3.05) is 32.8 Å². The van der Waals surface area contributed by atoms with Crippen LogP contribution in [0.1, 0.15) is 121 Å². The molecule has 0 saturated carbocycles. The van der Waals surface area contributed by atoms with Crippen LogP contribution >= 0.6 is 0 Å². The van der Waals surface area contributed by atoms with Gasteiger partial charge < -0.3 is 24.8 Å². The zero-order valence-electron chi connectivity index (χ0n) is 23.4. The van der Waals surface area contributed by atoms with Crippen molar-refractivity contribution >= 4 is 5.91 Å². The van der Waals surface area contributed by atoms with Crippen molar-refractivity contribution in [1.29, 1.82) is 0 Å². The van der Waals surface area contributed by atoms with Crippen LogP contribution < -0.4 is 14.8 Å². The third kappa shape index (κ3) is 11.2. The lowest BCUT2D eigenvalue weighted by Crippen LogP contribution is -2.46. The number of aliphatic hydroxyl groups is 1. The molecule has 3 rings (SSSR count). The number of hydrogen-bond donors (Lipinski definition) is 2. The van der Waals surface area contributed by atoms with E-state index in [0.29, 0.717) is 37.7 Å². The van der Waals surface area contributed by atoms with Crippen molar-refractivity contribution in [1.82, 2.24) is 10.2 Å². The Balaban J connectivity index is 1.34. The van der Waals surface area contributed by atoms with E-state index in [1.165, 1.54) is 83.5 Å². The number of nitrogens with zero attached hydrogens (tertiary/aromatic N) is 1. The summed E-state index contributed by atoms with van der Waals surface area (Å²) in [6, 6.07) is 5.26. The Kier molecular flexibility index (Phi) is 14.2. The van der Waals surface area contributed by atoms with E-state index in [0.717, 1.165) is 31.5 Å². The Hall–Kier alpha value is -1.79. The van der Waals surface area contributed by atoms with Gasteiger partial charge in [0.2, 0.25) is 5.91 Å². The fraction of sp³-hybridized carbons (Fsp3) is 0.774. The van der Waals surface area contributed by atoms with E-state index in [-0.39, 0.29) is 11.9 Å². The summed E-state index contributed by atoms with van der Waals surface area (Å²) in [6.45, 7) is 6.05. The second-order valence-corrected chi connectivity index (χ2v) is 11.0. The van der Waals surface area contributed by atoms with Gasteiger partial charge in [-0.15, -0.1) is 0 Å². The number of carbonyl (C=O) groups is 1. The molecule has 210 valence electrons. The zero-order valence-corrected chi connectivity index (χ0v) is 23.4. The molecule has 6 nitrogen and oxygen atoms in total. The summed E-state index contributed by atoms with van der Waals surface area (Å²) in [5.41, 5.74) is 0.759. The fourth-order valence-electron chi connectivity index (χ4n) is 5.53. The Morgan fingerprint density at radius 3 is 2.05 bits per heavy atom. The number of rotatable bonds is 19. The second kappa shape index (κ2) is 17.7. The number of amides is 1. The van der Waals surface area contributed by atoms with Crippen molar-refractivity contribution in [2.24, 2.45) is 0 Å². The number of nitrogens with one attached hydrogen (secondary N) is 1. The molecule has 0 radical (unpaired) electrons. The maximum atomic E-state index is 12.8. The zero-order chi connectivity index (χ0) is 26.1. The summed E-state index contributed by atoms with van der Waals surface area (Å²) in [4.78, 5) is 15.2. The van der Waals surface area contributed by atoms with Crippen molar-refractivity contribution in [3.8, 4) is 11.5 Å². The van der Waals surface area contributed by atoms with Gasteiger partial charge in [0.05, 0.1) is 6.04 Å². The summed E-state index contributed by atoms with van der Waals surface area (Å²) in [6.07, 6.45) is 19.0. The molecule has 2 aliphatic rings. The largest absolute Gasteiger partial charge is 0.486 e. The van der Waals surface area contributed by atoms with E-state index in [1.54, 1.807) is 0 Å². The molecule has 1 aromatic carbocycles. The minimum atomic E-state index is -0.785. The molecule has 1 aromatic rings. The third-order valence-corrected chi connectivity index (χ3v) is 7.80. The van der Waals surface area contributed by atoms with E-state index in [4.69, 9.17) is 9.47 Å². The lowest BCUT2D eigenvalue weighted by atomic mass is 10.0. The maximum Gasteiger partial charge on any atom is 0.220 e. The first-order chi connectivity index (χ1) is 18.2. The first kappa shape index (κ1) is 29.8. The van der Waals surface area contributed by atoms with Gasteiger partial charge >= 0.3 is 0 Å². The molecule has 2 atom stereocenters. The molecule has 0 spiro atoms. The van der Waals surface area contributed by atoms with Gasteiger partial charge in [-0.2, -0.15) is 0 Å². The van der Waals surface area contributed by atoms with Crippen molar-refractivity contribution in [3.63, 3.8) is 0 Å². The number of unbranched alkanes of at least 4 members (excludes halogenated alkanes) is 12. The normalized spacial score (nSPS) is 17.0. The number of likely N-dealkylation sites (tertiary alicyclic amines) is 1. The Morgan fingerprint density at radius 2 is 1.43 bits per heavy atom. The highest BCUT2D eigenvalue weighted by Crippen LogP contribution is 2.33. The lowest BCUT2D eigenvalue weighted by molar-refractivity contribution is -0.123. The summed E-state index contributed by atoms with van der Waals surface area (Å²) in [5, 5.41) is 14.4. The van der Waals surface area contributed by atoms with Crippen molar-refractivity contribution in [2.45, 2.75) is 122 Å².